The second-order valence-corrected chi connectivity index (χ2v) is 7.39. The van der Waals surface area contributed by atoms with Gasteiger partial charge < -0.3 is 9.72 Å². The van der Waals surface area contributed by atoms with E-state index in [1.54, 1.807) is 11.1 Å². The molecule has 0 aliphatic carbocycles. The van der Waals surface area contributed by atoms with Gasteiger partial charge in [0.1, 0.15) is 11.4 Å². The Morgan fingerprint density at radius 3 is 3.00 bits per heavy atom. The molecule has 0 saturated carbocycles. The molecule has 1 amide bonds. The highest BCUT2D eigenvalue weighted by atomic mass is 79.9. The first-order chi connectivity index (χ1) is 10.3. The average molecular weight is 367 g/mol. The molecule has 0 aromatic carbocycles. The number of nitrogens with zero attached hydrogens (tertiary/aromatic N) is 3. The van der Waals surface area contributed by atoms with Crippen molar-refractivity contribution in [3.63, 3.8) is 0 Å². The van der Waals surface area contributed by atoms with Crippen LogP contribution in [0.15, 0.2) is 16.7 Å². The van der Waals surface area contributed by atoms with E-state index in [2.05, 4.69) is 30.9 Å². The van der Waals surface area contributed by atoms with Gasteiger partial charge in [-0.05, 0) is 55.6 Å². The zero-order chi connectivity index (χ0) is 15.9. The van der Waals surface area contributed by atoms with Crippen LogP contribution in [0.4, 0.5) is 4.79 Å². The highest BCUT2D eigenvalue weighted by Gasteiger charge is 2.35. The molecule has 6 nitrogen and oxygen atoms in total. The van der Waals surface area contributed by atoms with Gasteiger partial charge in [0.25, 0.3) is 0 Å². The minimum absolute atomic E-state index is 0.0807. The Morgan fingerprint density at radius 1 is 1.50 bits per heavy atom. The third-order valence-corrected chi connectivity index (χ3v) is 3.95. The first-order valence-electron chi connectivity index (χ1n) is 7.34. The first-order valence-corrected chi connectivity index (χ1v) is 8.13. The standard InChI is InChI=1S/C15H19BrN4O2/c1-15(2,3)22-14(21)20-6-4-5-11(20)13-18-10-7-9(16)8-17-12(10)19-13/h7-8,11H,4-6H2,1-3H3,(H,17,18,19). The SMILES string of the molecule is CC(C)(C)OC(=O)N1CCCC1c1nc2ncc(Br)cc2[nH]1. The summed E-state index contributed by atoms with van der Waals surface area (Å²) in [5.41, 5.74) is 1.03. The van der Waals surface area contributed by atoms with E-state index >= 15 is 0 Å². The van der Waals surface area contributed by atoms with Crippen molar-refractivity contribution in [2.24, 2.45) is 0 Å². The Hall–Kier alpha value is -1.63. The number of carbonyl (C=O) groups is 1. The second-order valence-electron chi connectivity index (χ2n) is 6.48. The van der Waals surface area contributed by atoms with Crippen molar-refractivity contribution in [2.45, 2.75) is 45.3 Å². The number of aromatic nitrogens is 3. The van der Waals surface area contributed by atoms with Gasteiger partial charge in [0.15, 0.2) is 5.65 Å². The predicted molar refractivity (Wildman–Crippen MR) is 86.5 cm³/mol. The molecule has 2 aromatic rings. The van der Waals surface area contributed by atoms with E-state index in [9.17, 15) is 4.79 Å². The van der Waals surface area contributed by atoms with Crippen LogP contribution < -0.4 is 0 Å². The fraction of sp³-hybridized carbons (Fsp3) is 0.533. The van der Waals surface area contributed by atoms with Crippen LogP contribution in [0.5, 0.6) is 0 Å². The first kappa shape index (κ1) is 15.3. The summed E-state index contributed by atoms with van der Waals surface area (Å²) in [4.78, 5) is 26.2. The zero-order valence-electron chi connectivity index (χ0n) is 12.9. The van der Waals surface area contributed by atoms with E-state index in [1.807, 2.05) is 26.8 Å². The molecule has 1 fully saturated rings. The smallest absolute Gasteiger partial charge is 0.410 e. The van der Waals surface area contributed by atoms with Crippen LogP contribution >= 0.6 is 15.9 Å². The third-order valence-electron chi connectivity index (χ3n) is 3.52. The van der Waals surface area contributed by atoms with Gasteiger partial charge in [0.2, 0.25) is 0 Å². The number of likely N-dealkylation sites (tertiary alicyclic amines) is 1. The minimum atomic E-state index is -0.496. The van der Waals surface area contributed by atoms with Crippen LogP contribution in [0, 0.1) is 0 Å². The number of pyridine rings is 1. The number of rotatable bonds is 1. The summed E-state index contributed by atoms with van der Waals surface area (Å²) in [6.45, 7) is 6.31. The summed E-state index contributed by atoms with van der Waals surface area (Å²) in [6, 6.07) is 1.86. The van der Waals surface area contributed by atoms with Gasteiger partial charge in [-0.3, -0.25) is 4.90 Å². The molecule has 1 aliphatic heterocycles. The van der Waals surface area contributed by atoms with Crippen molar-refractivity contribution >= 4 is 33.2 Å². The lowest BCUT2D eigenvalue weighted by Gasteiger charge is -2.27. The van der Waals surface area contributed by atoms with Crippen LogP contribution in [-0.4, -0.2) is 38.1 Å². The molecule has 1 aliphatic rings. The molecule has 0 bridgehead atoms. The van der Waals surface area contributed by atoms with Crippen molar-refractivity contribution in [3.05, 3.63) is 22.6 Å². The van der Waals surface area contributed by atoms with Gasteiger partial charge in [-0.1, -0.05) is 0 Å². The summed E-state index contributed by atoms with van der Waals surface area (Å²) in [6.07, 6.45) is 3.25. The predicted octanol–water partition coefficient (Wildman–Crippen LogP) is 3.79. The number of amides is 1. The average Bonchev–Trinajstić information content (AvgIpc) is 3.01. The molecule has 1 unspecified atom stereocenters. The number of halogens is 1. The Balaban J connectivity index is 1.86. The zero-order valence-corrected chi connectivity index (χ0v) is 14.5. The number of ether oxygens (including phenoxy) is 1. The highest BCUT2D eigenvalue weighted by molar-refractivity contribution is 9.10. The maximum Gasteiger partial charge on any atom is 0.410 e. The van der Waals surface area contributed by atoms with Crippen LogP contribution in [0.1, 0.15) is 45.5 Å². The van der Waals surface area contributed by atoms with Crippen molar-refractivity contribution < 1.29 is 9.53 Å². The number of fused-ring (bicyclic) bond motifs is 1. The van der Waals surface area contributed by atoms with Crippen LogP contribution in [0.2, 0.25) is 0 Å². The van der Waals surface area contributed by atoms with Gasteiger partial charge in [0.05, 0.1) is 11.6 Å². The van der Waals surface area contributed by atoms with Gasteiger partial charge in [-0.25, -0.2) is 14.8 Å². The molecule has 0 radical (unpaired) electrons. The van der Waals surface area contributed by atoms with E-state index in [-0.39, 0.29) is 12.1 Å². The number of H-pyrrole nitrogens is 1. The molecule has 1 N–H and O–H groups in total. The molecule has 1 atom stereocenters. The molecular weight excluding hydrogens is 348 g/mol. The fourth-order valence-corrected chi connectivity index (χ4v) is 2.97. The number of aromatic amines is 1. The minimum Gasteiger partial charge on any atom is -0.444 e. The quantitative estimate of drug-likeness (QED) is 0.833. The van der Waals surface area contributed by atoms with E-state index in [4.69, 9.17) is 4.74 Å². The maximum atomic E-state index is 12.4. The number of nitrogens with one attached hydrogen (secondary N) is 1. The molecule has 22 heavy (non-hydrogen) atoms. The molecule has 118 valence electrons. The largest absolute Gasteiger partial charge is 0.444 e. The van der Waals surface area contributed by atoms with Gasteiger partial charge in [0, 0.05) is 17.2 Å². The normalized spacial score (nSPS) is 18.9. The monoisotopic (exact) mass is 366 g/mol. The Morgan fingerprint density at radius 2 is 2.27 bits per heavy atom. The molecule has 3 heterocycles. The number of hydrogen-bond acceptors (Lipinski definition) is 4. The summed E-state index contributed by atoms with van der Waals surface area (Å²) >= 11 is 3.40. The number of carbonyl (C=O) groups excluding carboxylic acids is 1. The van der Waals surface area contributed by atoms with Gasteiger partial charge in [-0.15, -0.1) is 0 Å². The molecule has 7 heteroatoms. The van der Waals surface area contributed by atoms with E-state index in [1.165, 1.54) is 0 Å². The molecule has 0 spiro atoms. The van der Waals surface area contributed by atoms with E-state index < -0.39 is 5.60 Å². The van der Waals surface area contributed by atoms with Crippen molar-refractivity contribution in [1.82, 2.24) is 19.9 Å². The Labute approximate surface area is 137 Å². The lowest BCUT2D eigenvalue weighted by atomic mass is 10.2. The topological polar surface area (TPSA) is 71.1 Å². The fourth-order valence-electron chi connectivity index (χ4n) is 2.64. The summed E-state index contributed by atoms with van der Waals surface area (Å²) in [5, 5.41) is 0. The van der Waals surface area contributed by atoms with Crippen molar-refractivity contribution in [2.75, 3.05) is 6.54 Å². The molecule has 1 saturated heterocycles. The molecule has 3 rings (SSSR count). The Bertz CT molecular complexity index is 707. The van der Waals surface area contributed by atoms with Gasteiger partial charge >= 0.3 is 6.09 Å². The Kier molecular flexibility index (Phi) is 3.84. The summed E-state index contributed by atoms with van der Waals surface area (Å²) in [7, 11) is 0. The van der Waals surface area contributed by atoms with Crippen LogP contribution in [0.25, 0.3) is 11.2 Å². The maximum absolute atomic E-state index is 12.4. The van der Waals surface area contributed by atoms with Gasteiger partial charge in [-0.2, -0.15) is 0 Å². The van der Waals surface area contributed by atoms with Crippen molar-refractivity contribution in [3.8, 4) is 0 Å². The molecule has 2 aromatic heterocycles. The summed E-state index contributed by atoms with van der Waals surface area (Å²) < 4.78 is 6.38. The van der Waals surface area contributed by atoms with E-state index in [0.29, 0.717) is 12.2 Å². The summed E-state index contributed by atoms with van der Waals surface area (Å²) in [5.74, 6) is 0.768. The number of hydrogen-bond donors (Lipinski definition) is 1. The van der Waals surface area contributed by atoms with Crippen molar-refractivity contribution in [1.29, 1.82) is 0 Å². The molecular formula is C15H19BrN4O2. The lowest BCUT2D eigenvalue weighted by molar-refractivity contribution is 0.0219. The lowest BCUT2D eigenvalue weighted by Crippen LogP contribution is -2.36. The van der Waals surface area contributed by atoms with E-state index in [0.717, 1.165) is 28.7 Å². The third kappa shape index (κ3) is 3.09. The van der Waals surface area contributed by atoms with Crippen LogP contribution in [0.3, 0.4) is 0 Å². The number of imidazole rings is 1. The van der Waals surface area contributed by atoms with Crippen LogP contribution in [-0.2, 0) is 4.74 Å². The highest BCUT2D eigenvalue weighted by Crippen LogP contribution is 2.32. The second kappa shape index (κ2) is 5.53.